The van der Waals surface area contributed by atoms with Crippen LogP contribution in [-0.2, 0) is 28.9 Å². The largest absolute Gasteiger partial charge is 0.378 e. The van der Waals surface area contributed by atoms with Crippen LogP contribution in [0.1, 0.15) is 32.1 Å². The van der Waals surface area contributed by atoms with E-state index in [0.717, 1.165) is 28.8 Å². The molecule has 1 N–H and O–H groups in total. The van der Waals surface area contributed by atoms with Crippen molar-refractivity contribution in [2.24, 2.45) is 5.92 Å². The summed E-state index contributed by atoms with van der Waals surface area (Å²) in [5.41, 5.74) is 2.00. The number of aryl methyl sites for hydroxylation is 1. The monoisotopic (exact) mass is 402 g/mol. The highest BCUT2D eigenvalue weighted by Gasteiger charge is 2.28. The zero-order valence-corrected chi connectivity index (χ0v) is 16.4. The second kappa shape index (κ2) is 8.41. The molecule has 2 amide bonds. The zero-order chi connectivity index (χ0) is 19.5. The van der Waals surface area contributed by atoms with Crippen LogP contribution in [-0.4, -0.2) is 43.0 Å². The number of thiophene rings is 1. The van der Waals surface area contributed by atoms with Gasteiger partial charge >= 0.3 is 0 Å². The van der Waals surface area contributed by atoms with Gasteiger partial charge in [-0.05, 0) is 48.6 Å². The minimum absolute atomic E-state index is 0.0160. The van der Waals surface area contributed by atoms with Crippen LogP contribution < -0.4 is 5.32 Å². The fourth-order valence-corrected chi connectivity index (χ4v) is 4.89. The van der Waals surface area contributed by atoms with Gasteiger partial charge in [-0.1, -0.05) is 12.1 Å². The Bertz CT molecular complexity index is 859. The predicted molar refractivity (Wildman–Crippen MR) is 105 cm³/mol. The molecule has 1 unspecified atom stereocenters. The van der Waals surface area contributed by atoms with Crippen molar-refractivity contribution in [3.63, 3.8) is 0 Å². The third-order valence-corrected chi connectivity index (χ3v) is 6.57. The summed E-state index contributed by atoms with van der Waals surface area (Å²) in [4.78, 5) is 29.1. The lowest BCUT2D eigenvalue weighted by atomic mass is 9.87. The number of fused-ring (bicyclic) bond motifs is 1. The molecular weight excluding hydrogens is 379 g/mol. The van der Waals surface area contributed by atoms with E-state index in [9.17, 15) is 14.0 Å². The lowest BCUT2D eigenvalue weighted by molar-refractivity contribution is -0.125. The number of halogens is 1. The molecule has 1 fully saturated rings. The average molecular weight is 402 g/mol. The highest BCUT2D eigenvalue weighted by Crippen LogP contribution is 2.33. The Balaban J connectivity index is 1.36. The molecule has 1 atom stereocenters. The van der Waals surface area contributed by atoms with Crippen LogP contribution in [0.15, 0.2) is 30.3 Å². The van der Waals surface area contributed by atoms with Crippen LogP contribution in [0.3, 0.4) is 0 Å². The van der Waals surface area contributed by atoms with E-state index in [4.69, 9.17) is 4.74 Å². The second-order valence-electron chi connectivity index (χ2n) is 7.25. The third-order valence-electron chi connectivity index (χ3n) is 5.34. The van der Waals surface area contributed by atoms with Crippen LogP contribution in [0, 0.1) is 11.7 Å². The molecule has 7 heteroatoms. The number of nitrogens with zero attached hydrogens (tertiary/aromatic N) is 1. The fraction of sp³-hybridized carbons (Fsp3) is 0.429. The molecule has 1 aromatic carbocycles. The molecule has 1 aliphatic carbocycles. The van der Waals surface area contributed by atoms with E-state index in [-0.39, 0.29) is 23.5 Å². The Morgan fingerprint density at radius 1 is 1.21 bits per heavy atom. The highest BCUT2D eigenvalue weighted by molar-refractivity contribution is 7.14. The van der Waals surface area contributed by atoms with Gasteiger partial charge in [0.25, 0.3) is 5.91 Å². The summed E-state index contributed by atoms with van der Waals surface area (Å²) >= 11 is 1.56. The van der Waals surface area contributed by atoms with Gasteiger partial charge in [0.1, 0.15) is 5.82 Å². The van der Waals surface area contributed by atoms with Gasteiger partial charge in [0.15, 0.2) is 0 Å². The summed E-state index contributed by atoms with van der Waals surface area (Å²) in [6.07, 6.45) is 2.27. The SMILES string of the molecule is O=C(NCc1ccc(F)cc1)C1CCc2sc(C(=O)N3CCOCC3)cc2C1. The minimum atomic E-state index is -0.283. The first-order chi connectivity index (χ1) is 13.6. The van der Waals surface area contributed by atoms with Gasteiger partial charge < -0.3 is 15.0 Å². The maximum absolute atomic E-state index is 13.0. The molecule has 2 heterocycles. The maximum atomic E-state index is 13.0. The lowest BCUT2D eigenvalue weighted by Gasteiger charge is -2.26. The first kappa shape index (κ1) is 19.1. The number of hydrogen-bond acceptors (Lipinski definition) is 4. The summed E-state index contributed by atoms with van der Waals surface area (Å²) in [7, 11) is 0. The van der Waals surface area contributed by atoms with E-state index in [0.29, 0.717) is 39.3 Å². The number of morpholine rings is 1. The van der Waals surface area contributed by atoms with Crippen LogP contribution in [0.4, 0.5) is 4.39 Å². The number of rotatable bonds is 4. The van der Waals surface area contributed by atoms with E-state index in [1.54, 1.807) is 23.5 Å². The van der Waals surface area contributed by atoms with Gasteiger partial charge in [0.2, 0.25) is 5.91 Å². The zero-order valence-electron chi connectivity index (χ0n) is 15.6. The van der Waals surface area contributed by atoms with Crippen LogP contribution in [0.5, 0.6) is 0 Å². The van der Waals surface area contributed by atoms with Crippen LogP contribution >= 0.6 is 11.3 Å². The highest BCUT2D eigenvalue weighted by atomic mass is 32.1. The Morgan fingerprint density at radius 2 is 1.96 bits per heavy atom. The van der Waals surface area contributed by atoms with Crippen molar-refractivity contribution in [1.29, 1.82) is 0 Å². The van der Waals surface area contributed by atoms with Crippen LogP contribution in [0.2, 0.25) is 0 Å². The molecule has 1 aromatic heterocycles. The van der Waals surface area contributed by atoms with Crippen molar-refractivity contribution < 1.29 is 18.7 Å². The van der Waals surface area contributed by atoms with Crippen molar-refractivity contribution in [3.8, 4) is 0 Å². The number of amides is 2. The molecule has 4 rings (SSSR count). The summed E-state index contributed by atoms with van der Waals surface area (Å²) < 4.78 is 18.3. The summed E-state index contributed by atoms with van der Waals surface area (Å²) in [5, 5.41) is 2.95. The number of hydrogen-bond donors (Lipinski definition) is 1. The Labute approximate surface area is 167 Å². The summed E-state index contributed by atoms with van der Waals surface area (Å²) in [6.45, 7) is 2.85. The van der Waals surface area contributed by atoms with E-state index in [2.05, 4.69) is 5.32 Å². The van der Waals surface area contributed by atoms with Gasteiger partial charge in [-0.15, -0.1) is 11.3 Å². The lowest BCUT2D eigenvalue weighted by Crippen LogP contribution is -2.40. The molecule has 28 heavy (non-hydrogen) atoms. The smallest absolute Gasteiger partial charge is 0.264 e. The van der Waals surface area contributed by atoms with Crippen molar-refractivity contribution in [2.75, 3.05) is 26.3 Å². The number of carbonyl (C=O) groups is 2. The maximum Gasteiger partial charge on any atom is 0.264 e. The molecule has 1 aliphatic heterocycles. The Morgan fingerprint density at radius 3 is 2.71 bits per heavy atom. The topological polar surface area (TPSA) is 58.6 Å². The van der Waals surface area contributed by atoms with E-state index < -0.39 is 0 Å². The van der Waals surface area contributed by atoms with Gasteiger partial charge in [0.05, 0.1) is 18.1 Å². The molecule has 0 bridgehead atoms. The number of carbonyl (C=O) groups excluding carboxylic acids is 2. The number of benzene rings is 1. The quantitative estimate of drug-likeness (QED) is 0.856. The van der Waals surface area contributed by atoms with Crippen molar-refractivity contribution >= 4 is 23.2 Å². The molecule has 1 saturated heterocycles. The fourth-order valence-electron chi connectivity index (χ4n) is 3.71. The molecule has 0 spiro atoms. The molecule has 148 valence electrons. The molecule has 2 aromatic rings. The van der Waals surface area contributed by atoms with Gasteiger partial charge in [0, 0.05) is 30.4 Å². The molecule has 0 saturated carbocycles. The normalized spacial score (nSPS) is 19.2. The van der Waals surface area contributed by atoms with Gasteiger partial charge in [-0.3, -0.25) is 9.59 Å². The van der Waals surface area contributed by atoms with E-state index in [1.807, 2.05) is 11.0 Å². The minimum Gasteiger partial charge on any atom is -0.378 e. The summed E-state index contributed by atoms with van der Waals surface area (Å²) in [5.74, 6) is -0.286. The molecule has 5 nitrogen and oxygen atoms in total. The predicted octanol–water partition coefficient (Wildman–Crippen LogP) is 2.78. The van der Waals surface area contributed by atoms with Gasteiger partial charge in [-0.2, -0.15) is 0 Å². The van der Waals surface area contributed by atoms with E-state index in [1.165, 1.54) is 17.0 Å². The van der Waals surface area contributed by atoms with Crippen molar-refractivity contribution in [2.45, 2.75) is 25.8 Å². The Hall–Kier alpha value is -2.25. The molecule has 2 aliphatic rings. The van der Waals surface area contributed by atoms with Gasteiger partial charge in [-0.25, -0.2) is 4.39 Å². The first-order valence-corrected chi connectivity index (χ1v) is 10.4. The molecular formula is C21H23FN2O3S. The number of nitrogens with one attached hydrogen (secondary N) is 1. The van der Waals surface area contributed by atoms with Crippen LogP contribution in [0.25, 0.3) is 0 Å². The van der Waals surface area contributed by atoms with Crippen molar-refractivity contribution in [1.82, 2.24) is 10.2 Å². The standard InChI is InChI=1S/C21H23FN2O3S/c22-17-4-1-14(2-5-17)13-23-20(25)15-3-6-18-16(11-15)12-19(28-18)21(26)24-7-9-27-10-8-24/h1-2,4-5,12,15H,3,6-11,13H2,(H,23,25). The van der Waals surface area contributed by atoms with E-state index >= 15 is 0 Å². The third kappa shape index (κ3) is 4.25. The first-order valence-electron chi connectivity index (χ1n) is 9.61. The molecule has 0 radical (unpaired) electrons. The Kier molecular flexibility index (Phi) is 5.73. The summed E-state index contributed by atoms with van der Waals surface area (Å²) in [6, 6.07) is 8.12. The van der Waals surface area contributed by atoms with Crippen molar-refractivity contribution in [3.05, 3.63) is 57.0 Å². The number of ether oxygens (including phenoxy) is 1. The second-order valence-corrected chi connectivity index (χ2v) is 8.38. The average Bonchev–Trinajstić information content (AvgIpc) is 3.16.